The lowest BCUT2D eigenvalue weighted by molar-refractivity contribution is 0.159. The predicted molar refractivity (Wildman–Crippen MR) is 76.3 cm³/mol. The van der Waals surface area contributed by atoms with Crippen LogP contribution >= 0.6 is 11.6 Å². The highest BCUT2D eigenvalue weighted by atomic mass is 35.5. The van der Waals surface area contributed by atoms with E-state index in [1.165, 1.54) is 25.7 Å². The van der Waals surface area contributed by atoms with Crippen LogP contribution in [0.15, 0.2) is 18.2 Å². The summed E-state index contributed by atoms with van der Waals surface area (Å²) in [6.45, 7) is 2.20. The summed E-state index contributed by atoms with van der Waals surface area (Å²) < 4.78 is 5.25. The molecule has 0 radical (unpaired) electrons. The van der Waals surface area contributed by atoms with E-state index in [1.807, 2.05) is 6.07 Å². The van der Waals surface area contributed by atoms with E-state index in [0.29, 0.717) is 10.8 Å². The molecule has 2 nitrogen and oxygen atoms in total. The predicted octanol–water partition coefficient (Wildman–Crippen LogP) is 4.74. The van der Waals surface area contributed by atoms with Crippen LogP contribution in [0.1, 0.15) is 57.1 Å². The van der Waals surface area contributed by atoms with Crippen LogP contribution in [0.25, 0.3) is 0 Å². The van der Waals surface area contributed by atoms with Gasteiger partial charge in [-0.2, -0.15) is 0 Å². The third-order valence-corrected chi connectivity index (χ3v) is 3.37. The highest BCUT2D eigenvalue weighted by Gasteiger charge is 2.13. The van der Waals surface area contributed by atoms with Gasteiger partial charge in [0.25, 0.3) is 0 Å². The van der Waals surface area contributed by atoms with Gasteiger partial charge >= 0.3 is 0 Å². The summed E-state index contributed by atoms with van der Waals surface area (Å²) in [5, 5.41) is 10.8. The maximum Gasteiger partial charge on any atom is 0.126 e. The third-order valence-electron chi connectivity index (χ3n) is 3.14. The zero-order chi connectivity index (χ0) is 13.4. The lowest BCUT2D eigenvalue weighted by atomic mass is 10.0. The SMILES string of the molecule is CCCCCCCC(O)c1ccc(Cl)cc1OC. The Bertz CT molecular complexity index is 352. The van der Waals surface area contributed by atoms with E-state index in [-0.39, 0.29) is 0 Å². The van der Waals surface area contributed by atoms with Crippen molar-refractivity contribution in [3.05, 3.63) is 28.8 Å². The Morgan fingerprint density at radius 3 is 2.61 bits per heavy atom. The molecule has 0 saturated carbocycles. The molecule has 1 rings (SSSR count). The summed E-state index contributed by atoms with van der Waals surface area (Å²) in [4.78, 5) is 0. The smallest absolute Gasteiger partial charge is 0.126 e. The van der Waals surface area contributed by atoms with E-state index in [4.69, 9.17) is 16.3 Å². The van der Waals surface area contributed by atoms with E-state index in [2.05, 4.69) is 6.92 Å². The molecule has 0 heterocycles. The molecule has 1 unspecified atom stereocenters. The van der Waals surface area contributed by atoms with Gasteiger partial charge in [0.1, 0.15) is 5.75 Å². The fourth-order valence-corrected chi connectivity index (χ4v) is 2.22. The number of aliphatic hydroxyl groups excluding tert-OH is 1. The Labute approximate surface area is 115 Å². The van der Waals surface area contributed by atoms with Crippen LogP contribution in [-0.4, -0.2) is 12.2 Å². The van der Waals surface area contributed by atoms with E-state index in [9.17, 15) is 5.11 Å². The van der Waals surface area contributed by atoms with Gasteiger partial charge in [-0.3, -0.25) is 0 Å². The fourth-order valence-electron chi connectivity index (χ4n) is 2.06. The molecule has 18 heavy (non-hydrogen) atoms. The van der Waals surface area contributed by atoms with E-state index in [0.717, 1.165) is 18.4 Å². The van der Waals surface area contributed by atoms with Gasteiger partial charge in [-0.05, 0) is 18.6 Å². The monoisotopic (exact) mass is 270 g/mol. The van der Waals surface area contributed by atoms with Gasteiger partial charge in [0, 0.05) is 10.6 Å². The highest BCUT2D eigenvalue weighted by molar-refractivity contribution is 6.30. The average molecular weight is 271 g/mol. The standard InChI is InChI=1S/C15H23ClO2/c1-3-4-5-6-7-8-14(17)13-10-9-12(16)11-15(13)18-2/h9-11,14,17H,3-8H2,1-2H3. The zero-order valence-electron chi connectivity index (χ0n) is 11.3. The number of ether oxygens (including phenoxy) is 1. The molecule has 102 valence electrons. The summed E-state index contributed by atoms with van der Waals surface area (Å²) in [5.74, 6) is 0.670. The molecule has 0 bridgehead atoms. The van der Waals surface area contributed by atoms with Gasteiger partial charge in [-0.1, -0.05) is 56.7 Å². The second-order valence-electron chi connectivity index (χ2n) is 4.60. The van der Waals surface area contributed by atoms with Crippen molar-refractivity contribution in [3.8, 4) is 5.75 Å². The van der Waals surface area contributed by atoms with E-state index < -0.39 is 6.10 Å². The first kappa shape index (κ1) is 15.3. The van der Waals surface area contributed by atoms with Gasteiger partial charge in [-0.15, -0.1) is 0 Å². The molecule has 1 aromatic carbocycles. The molecule has 0 fully saturated rings. The maximum atomic E-state index is 10.2. The van der Waals surface area contributed by atoms with E-state index >= 15 is 0 Å². The summed E-state index contributed by atoms with van der Waals surface area (Å²) in [7, 11) is 1.60. The lowest BCUT2D eigenvalue weighted by Crippen LogP contribution is -2.00. The normalized spacial score (nSPS) is 12.4. The number of hydrogen-bond donors (Lipinski definition) is 1. The van der Waals surface area contributed by atoms with Gasteiger partial charge in [-0.25, -0.2) is 0 Å². The molecule has 0 saturated heterocycles. The van der Waals surface area contributed by atoms with Crippen molar-refractivity contribution in [1.29, 1.82) is 0 Å². The fraction of sp³-hybridized carbons (Fsp3) is 0.600. The van der Waals surface area contributed by atoms with Gasteiger partial charge < -0.3 is 9.84 Å². The number of methoxy groups -OCH3 is 1. The van der Waals surface area contributed by atoms with Crippen molar-refractivity contribution in [3.63, 3.8) is 0 Å². The number of rotatable bonds is 8. The Balaban J connectivity index is 2.48. The van der Waals surface area contributed by atoms with Crippen LogP contribution in [0.4, 0.5) is 0 Å². The van der Waals surface area contributed by atoms with Crippen molar-refractivity contribution < 1.29 is 9.84 Å². The Hall–Kier alpha value is -0.730. The van der Waals surface area contributed by atoms with E-state index in [1.54, 1.807) is 19.2 Å². The first-order valence-corrected chi connectivity index (χ1v) is 7.08. The summed E-state index contributed by atoms with van der Waals surface area (Å²) in [6, 6.07) is 5.38. The Morgan fingerprint density at radius 1 is 1.22 bits per heavy atom. The summed E-state index contributed by atoms with van der Waals surface area (Å²) in [6.07, 6.45) is 6.32. The van der Waals surface area contributed by atoms with Gasteiger partial charge in [0.15, 0.2) is 0 Å². The van der Waals surface area contributed by atoms with Crippen molar-refractivity contribution in [1.82, 2.24) is 0 Å². The number of aliphatic hydroxyl groups is 1. The molecular weight excluding hydrogens is 248 g/mol. The largest absolute Gasteiger partial charge is 0.496 e. The number of halogens is 1. The molecule has 1 atom stereocenters. The molecular formula is C15H23ClO2. The molecule has 1 aromatic rings. The second-order valence-corrected chi connectivity index (χ2v) is 5.04. The van der Waals surface area contributed by atoms with Gasteiger partial charge in [0.2, 0.25) is 0 Å². The van der Waals surface area contributed by atoms with Crippen LogP contribution in [0.3, 0.4) is 0 Å². The third kappa shape index (κ3) is 4.87. The summed E-state index contributed by atoms with van der Waals surface area (Å²) >= 11 is 5.90. The minimum Gasteiger partial charge on any atom is -0.496 e. The average Bonchev–Trinajstić information content (AvgIpc) is 2.38. The minimum absolute atomic E-state index is 0.459. The van der Waals surface area contributed by atoms with Crippen LogP contribution in [-0.2, 0) is 0 Å². The van der Waals surface area contributed by atoms with Crippen LogP contribution in [0, 0.1) is 0 Å². The molecule has 0 amide bonds. The van der Waals surface area contributed by atoms with Crippen molar-refractivity contribution in [2.45, 2.75) is 51.6 Å². The minimum atomic E-state index is -0.459. The molecule has 0 aliphatic carbocycles. The van der Waals surface area contributed by atoms with Crippen molar-refractivity contribution >= 4 is 11.6 Å². The second kappa shape index (κ2) is 8.39. The zero-order valence-corrected chi connectivity index (χ0v) is 12.0. The van der Waals surface area contributed by atoms with Crippen LogP contribution in [0.5, 0.6) is 5.75 Å². The Kier molecular flexibility index (Phi) is 7.14. The molecule has 0 spiro atoms. The molecule has 0 aliphatic rings. The molecule has 3 heteroatoms. The molecule has 0 aliphatic heterocycles. The van der Waals surface area contributed by atoms with Crippen LogP contribution < -0.4 is 4.74 Å². The quantitative estimate of drug-likeness (QED) is 0.691. The molecule has 1 N–H and O–H groups in total. The number of benzene rings is 1. The highest BCUT2D eigenvalue weighted by Crippen LogP contribution is 2.31. The number of unbranched alkanes of at least 4 members (excludes halogenated alkanes) is 4. The first-order valence-electron chi connectivity index (χ1n) is 6.70. The number of hydrogen-bond acceptors (Lipinski definition) is 2. The summed E-state index contributed by atoms with van der Waals surface area (Å²) in [5.41, 5.74) is 0.831. The van der Waals surface area contributed by atoms with Gasteiger partial charge in [0.05, 0.1) is 13.2 Å². The van der Waals surface area contributed by atoms with Crippen LogP contribution in [0.2, 0.25) is 5.02 Å². The van der Waals surface area contributed by atoms with Crippen molar-refractivity contribution in [2.24, 2.45) is 0 Å². The topological polar surface area (TPSA) is 29.5 Å². The maximum absolute atomic E-state index is 10.2. The first-order chi connectivity index (χ1) is 8.69. The lowest BCUT2D eigenvalue weighted by Gasteiger charge is -2.15. The Morgan fingerprint density at radius 2 is 1.94 bits per heavy atom. The van der Waals surface area contributed by atoms with Crippen molar-refractivity contribution in [2.75, 3.05) is 7.11 Å². The molecule has 0 aromatic heterocycles.